The second kappa shape index (κ2) is 8.28. The monoisotopic (exact) mass is 436 g/mol. The van der Waals surface area contributed by atoms with Crippen LogP contribution in [0.3, 0.4) is 0 Å². The van der Waals surface area contributed by atoms with E-state index in [1.165, 1.54) is 10.8 Å². The highest BCUT2D eigenvalue weighted by Crippen LogP contribution is 2.19. The highest BCUT2D eigenvalue weighted by atomic mass is 35.5. The molecular formula is C23H21ClN4O3. The van der Waals surface area contributed by atoms with Crippen LogP contribution in [-0.4, -0.2) is 26.6 Å². The van der Waals surface area contributed by atoms with Gasteiger partial charge in [0.2, 0.25) is 0 Å². The van der Waals surface area contributed by atoms with Crippen LogP contribution in [0.2, 0.25) is 5.02 Å². The molecule has 2 N–H and O–H groups in total. The quantitative estimate of drug-likeness (QED) is 0.471. The molecule has 3 amide bonds. The number of amides is 3. The first kappa shape index (κ1) is 20.7. The smallest absolute Gasteiger partial charge is 0.303 e. The fourth-order valence-electron chi connectivity index (χ4n) is 3.45. The van der Waals surface area contributed by atoms with Crippen molar-refractivity contribution in [2.45, 2.75) is 26.8 Å². The van der Waals surface area contributed by atoms with Crippen molar-refractivity contribution in [3.63, 3.8) is 0 Å². The third-order valence-electron chi connectivity index (χ3n) is 5.14. The van der Waals surface area contributed by atoms with Gasteiger partial charge in [0, 0.05) is 10.7 Å². The molecule has 0 bridgehead atoms. The highest BCUT2D eigenvalue weighted by Gasteiger charge is 2.34. The van der Waals surface area contributed by atoms with Crippen molar-refractivity contribution >= 4 is 29.6 Å². The van der Waals surface area contributed by atoms with Crippen molar-refractivity contribution in [3.05, 3.63) is 92.0 Å². The summed E-state index contributed by atoms with van der Waals surface area (Å²) in [6.07, 6.45) is 1.98. The van der Waals surface area contributed by atoms with Crippen molar-refractivity contribution in [2.24, 2.45) is 0 Å². The Bertz CT molecular complexity index is 1250. The van der Waals surface area contributed by atoms with Gasteiger partial charge in [0.05, 0.1) is 17.8 Å². The van der Waals surface area contributed by atoms with Gasteiger partial charge in [-0.15, -0.1) is 0 Å². The van der Waals surface area contributed by atoms with Crippen molar-refractivity contribution < 1.29 is 9.59 Å². The molecule has 0 spiro atoms. The molecule has 0 unspecified atom stereocenters. The minimum Gasteiger partial charge on any atom is -0.303 e. The van der Waals surface area contributed by atoms with E-state index >= 15 is 0 Å². The maximum atomic E-state index is 13.0. The van der Waals surface area contributed by atoms with Gasteiger partial charge in [0.1, 0.15) is 5.70 Å². The normalized spacial score (nSPS) is 15.1. The van der Waals surface area contributed by atoms with Crippen LogP contribution in [0.4, 0.5) is 4.79 Å². The van der Waals surface area contributed by atoms with E-state index in [9.17, 15) is 14.4 Å². The maximum Gasteiger partial charge on any atom is 0.329 e. The summed E-state index contributed by atoms with van der Waals surface area (Å²) < 4.78 is 1.38. The Labute approximate surface area is 183 Å². The number of hydrogen-bond acceptors (Lipinski definition) is 3. The van der Waals surface area contributed by atoms with Crippen LogP contribution < -0.4 is 10.9 Å². The lowest BCUT2D eigenvalue weighted by Crippen LogP contribution is -2.30. The number of urea groups is 1. The van der Waals surface area contributed by atoms with E-state index in [0.29, 0.717) is 28.4 Å². The number of nitrogens with zero attached hydrogens (tertiary/aromatic N) is 2. The molecule has 0 aliphatic carbocycles. The van der Waals surface area contributed by atoms with Gasteiger partial charge in [0.25, 0.3) is 11.5 Å². The van der Waals surface area contributed by atoms with E-state index in [-0.39, 0.29) is 17.8 Å². The average molecular weight is 437 g/mol. The molecule has 2 heterocycles. The lowest BCUT2D eigenvalue weighted by molar-refractivity contribution is -0.123. The van der Waals surface area contributed by atoms with Gasteiger partial charge in [-0.25, -0.2) is 9.48 Å². The zero-order valence-electron chi connectivity index (χ0n) is 17.1. The summed E-state index contributed by atoms with van der Waals surface area (Å²) in [7, 11) is 0. The van der Waals surface area contributed by atoms with Crippen LogP contribution in [0.15, 0.2) is 59.0 Å². The molecule has 8 heteroatoms. The third-order valence-corrected chi connectivity index (χ3v) is 5.37. The molecular weight excluding hydrogens is 416 g/mol. The topological polar surface area (TPSA) is 87.2 Å². The second-order valence-corrected chi connectivity index (χ2v) is 7.78. The lowest BCUT2D eigenvalue weighted by Gasteiger charge is -2.11. The molecule has 4 rings (SSSR count). The largest absolute Gasteiger partial charge is 0.329 e. The predicted octanol–water partition coefficient (Wildman–Crippen LogP) is 3.78. The molecule has 0 atom stereocenters. The summed E-state index contributed by atoms with van der Waals surface area (Å²) in [5.41, 5.74) is 3.23. The summed E-state index contributed by atoms with van der Waals surface area (Å²) in [5.74, 6) is -0.470. The highest BCUT2D eigenvalue weighted by molar-refractivity contribution is 6.30. The molecule has 31 heavy (non-hydrogen) atoms. The van der Waals surface area contributed by atoms with Crippen molar-refractivity contribution in [1.82, 2.24) is 20.0 Å². The fourth-order valence-corrected chi connectivity index (χ4v) is 3.63. The van der Waals surface area contributed by atoms with Gasteiger partial charge in [-0.1, -0.05) is 54.4 Å². The molecule has 1 aromatic heterocycles. The number of halogens is 1. The number of hydrogen-bond donors (Lipinski definition) is 2. The SMILES string of the molecule is CCc1[nH]n(-c2cccc(Cl)c2)c(=O)c1C=C1NC(=O)N(Cc2ccc(C)cc2)C1=O. The fraction of sp³-hybridized carbons (Fsp3) is 0.174. The Kier molecular flexibility index (Phi) is 5.52. The van der Waals surface area contributed by atoms with Crippen LogP contribution in [-0.2, 0) is 17.8 Å². The number of nitrogens with one attached hydrogen (secondary N) is 2. The van der Waals surface area contributed by atoms with Crippen LogP contribution in [0.5, 0.6) is 0 Å². The van der Waals surface area contributed by atoms with E-state index in [1.54, 1.807) is 24.3 Å². The zero-order valence-corrected chi connectivity index (χ0v) is 17.9. The van der Waals surface area contributed by atoms with Crippen molar-refractivity contribution in [1.29, 1.82) is 0 Å². The molecule has 2 aromatic carbocycles. The molecule has 1 fully saturated rings. The van der Waals surface area contributed by atoms with Crippen LogP contribution in [0.1, 0.15) is 29.3 Å². The Morgan fingerprint density at radius 1 is 1.06 bits per heavy atom. The summed E-state index contributed by atoms with van der Waals surface area (Å²) in [6, 6.07) is 14.0. The van der Waals surface area contributed by atoms with Crippen LogP contribution in [0, 0.1) is 6.92 Å². The predicted molar refractivity (Wildman–Crippen MR) is 119 cm³/mol. The van der Waals surface area contributed by atoms with Crippen molar-refractivity contribution in [3.8, 4) is 5.69 Å². The Balaban J connectivity index is 1.67. The first-order valence-corrected chi connectivity index (χ1v) is 10.2. The Morgan fingerprint density at radius 2 is 1.81 bits per heavy atom. The molecule has 158 valence electrons. The first-order valence-electron chi connectivity index (χ1n) is 9.87. The number of aryl methyl sites for hydroxylation is 2. The number of benzene rings is 2. The molecule has 1 saturated heterocycles. The van der Waals surface area contributed by atoms with E-state index in [0.717, 1.165) is 16.0 Å². The Morgan fingerprint density at radius 3 is 2.48 bits per heavy atom. The number of aromatic nitrogens is 2. The minimum atomic E-state index is -0.513. The number of H-pyrrole nitrogens is 1. The van der Waals surface area contributed by atoms with Gasteiger partial charge in [-0.2, -0.15) is 0 Å². The van der Waals surface area contributed by atoms with Crippen molar-refractivity contribution in [2.75, 3.05) is 0 Å². The molecule has 1 aliphatic heterocycles. The third kappa shape index (κ3) is 4.04. The summed E-state index contributed by atoms with van der Waals surface area (Å²) in [4.78, 5) is 39.4. The number of carbonyl (C=O) groups is 2. The first-order chi connectivity index (χ1) is 14.9. The van der Waals surface area contributed by atoms with Crippen LogP contribution in [0.25, 0.3) is 11.8 Å². The van der Waals surface area contributed by atoms with Gasteiger partial charge < -0.3 is 5.32 Å². The molecule has 7 nitrogen and oxygen atoms in total. The zero-order chi connectivity index (χ0) is 22.1. The Hall–Kier alpha value is -3.58. The van der Waals surface area contributed by atoms with E-state index in [2.05, 4.69) is 10.4 Å². The van der Waals surface area contributed by atoms with Crippen LogP contribution >= 0.6 is 11.6 Å². The molecule has 0 saturated carbocycles. The van der Waals surface area contributed by atoms with Gasteiger partial charge in [-0.3, -0.25) is 19.6 Å². The lowest BCUT2D eigenvalue weighted by atomic mass is 10.1. The van der Waals surface area contributed by atoms with Gasteiger partial charge in [-0.05, 0) is 43.2 Å². The number of aromatic amines is 1. The average Bonchev–Trinajstić information content (AvgIpc) is 3.21. The number of imide groups is 1. The standard InChI is InChI=1S/C23H21ClN4O3/c1-3-19-18(21(29)28(26-19)17-6-4-5-16(24)11-17)12-20-22(30)27(23(31)25-20)13-15-9-7-14(2)8-10-15/h4-12,26H,3,13H2,1-2H3,(H,25,31). The van der Waals surface area contributed by atoms with Gasteiger partial charge in [0.15, 0.2) is 0 Å². The number of rotatable bonds is 5. The molecule has 0 radical (unpaired) electrons. The summed E-state index contributed by atoms with van der Waals surface area (Å²) in [5, 5.41) is 6.15. The number of carbonyl (C=O) groups excluding carboxylic acids is 2. The summed E-state index contributed by atoms with van der Waals surface area (Å²) >= 11 is 6.05. The van der Waals surface area contributed by atoms with E-state index in [4.69, 9.17) is 11.6 Å². The molecule has 3 aromatic rings. The van der Waals surface area contributed by atoms with Gasteiger partial charge >= 0.3 is 6.03 Å². The van der Waals surface area contributed by atoms with E-state index in [1.807, 2.05) is 38.1 Å². The summed E-state index contributed by atoms with van der Waals surface area (Å²) in [6.45, 7) is 4.02. The van der Waals surface area contributed by atoms with E-state index < -0.39 is 11.9 Å². The maximum absolute atomic E-state index is 13.0. The second-order valence-electron chi connectivity index (χ2n) is 7.34. The molecule has 1 aliphatic rings. The minimum absolute atomic E-state index is 0.0705.